The third kappa shape index (κ3) is 3.27. The lowest BCUT2D eigenvalue weighted by Crippen LogP contribution is -2.38. The van der Waals surface area contributed by atoms with Crippen LogP contribution in [0.25, 0.3) is 0 Å². The van der Waals surface area contributed by atoms with Crippen LogP contribution >= 0.6 is 0 Å². The van der Waals surface area contributed by atoms with Gasteiger partial charge in [-0.05, 0) is 51.2 Å². The number of hydrogen-bond acceptors (Lipinski definition) is 2. The lowest BCUT2D eigenvalue weighted by atomic mass is 9.97. The van der Waals surface area contributed by atoms with Crippen LogP contribution in [0.1, 0.15) is 45.1 Å². The summed E-state index contributed by atoms with van der Waals surface area (Å²) in [6.07, 6.45) is 5.16. The molecule has 0 aromatic heterocycles. The Morgan fingerprint density at radius 2 is 2.21 bits per heavy atom. The minimum atomic E-state index is -0.112. The molecule has 0 spiro atoms. The maximum absolute atomic E-state index is 14.1. The zero-order valence-electron chi connectivity index (χ0n) is 12.0. The van der Waals surface area contributed by atoms with Crippen molar-refractivity contribution in [1.29, 1.82) is 0 Å². The summed E-state index contributed by atoms with van der Waals surface area (Å²) < 4.78 is 14.1. The van der Waals surface area contributed by atoms with Gasteiger partial charge in [0.2, 0.25) is 0 Å². The molecular weight excluding hydrogens is 239 g/mol. The highest BCUT2D eigenvalue weighted by Gasteiger charge is 2.22. The Balaban J connectivity index is 2.30. The highest BCUT2D eigenvalue weighted by Crippen LogP contribution is 2.30. The van der Waals surface area contributed by atoms with Crippen molar-refractivity contribution in [3.8, 4) is 0 Å². The summed E-state index contributed by atoms with van der Waals surface area (Å²) in [5, 5.41) is 0. The van der Waals surface area contributed by atoms with E-state index in [4.69, 9.17) is 5.73 Å². The summed E-state index contributed by atoms with van der Waals surface area (Å²) in [6, 6.07) is 5.94. The fraction of sp³-hybridized carbons (Fsp3) is 0.625. The van der Waals surface area contributed by atoms with Crippen LogP contribution in [-0.4, -0.2) is 18.6 Å². The molecule has 1 aliphatic heterocycles. The minimum absolute atomic E-state index is 0.0377. The molecule has 2 nitrogen and oxygen atoms in total. The molecule has 0 aliphatic carbocycles. The van der Waals surface area contributed by atoms with Gasteiger partial charge in [0.15, 0.2) is 0 Å². The number of nitrogens with two attached hydrogens (primary N) is 1. The van der Waals surface area contributed by atoms with Crippen LogP contribution in [0.15, 0.2) is 18.2 Å². The van der Waals surface area contributed by atoms with Gasteiger partial charge >= 0.3 is 0 Å². The summed E-state index contributed by atoms with van der Waals surface area (Å²) in [5.74, 6) is -0.112. The Hall–Kier alpha value is -1.09. The molecule has 2 rings (SSSR count). The third-order valence-corrected chi connectivity index (χ3v) is 4.20. The number of piperidine rings is 1. The van der Waals surface area contributed by atoms with Gasteiger partial charge in [-0.3, -0.25) is 0 Å². The van der Waals surface area contributed by atoms with Crippen molar-refractivity contribution < 1.29 is 4.39 Å². The minimum Gasteiger partial charge on any atom is -0.369 e. The Kier molecular flexibility index (Phi) is 4.81. The van der Waals surface area contributed by atoms with E-state index < -0.39 is 0 Å². The van der Waals surface area contributed by atoms with Crippen molar-refractivity contribution >= 4 is 5.69 Å². The van der Waals surface area contributed by atoms with Gasteiger partial charge in [-0.2, -0.15) is 0 Å². The second-order valence-corrected chi connectivity index (χ2v) is 5.65. The molecule has 1 fully saturated rings. The molecule has 0 radical (unpaired) electrons. The van der Waals surface area contributed by atoms with Gasteiger partial charge < -0.3 is 10.6 Å². The second-order valence-electron chi connectivity index (χ2n) is 5.65. The summed E-state index contributed by atoms with van der Waals surface area (Å²) in [6.45, 7) is 5.31. The zero-order valence-corrected chi connectivity index (χ0v) is 12.0. The van der Waals surface area contributed by atoms with Gasteiger partial charge in [0.05, 0.1) is 0 Å². The molecule has 3 heteroatoms. The highest BCUT2D eigenvalue weighted by atomic mass is 19.1. The lowest BCUT2D eigenvalue weighted by molar-refractivity contribution is 0.480. The normalized spacial score (nSPS) is 21.5. The molecule has 19 heavy (non-hydrogen) atoms. The summed E-state index contributed by atoms with van der Waals surface area (Å²) in [4.78, 5) is 2.35. The van der Waals surface area contributed by atoms with Crippen LogP contribution in [0.4, 0.5) is 10.1 Å². The first-order chi connectivity index (χ1) is 9.13. The van der Waals surface area contributed by atoms with Crippen LogP contribution in [0.3, 0.4) is 0 Å². The topological polar surface area (TPSA) is 29.3 Å². The van der Waals surface area contributed by atoms with E-state index in [1.54, 1.807) is 6.07 Å². The number of benzene rings is 1. The van der Waals surface area contributed by atoms with Crippen molar-refractivity contribution in [2.45, 2.75) is 58.0 Å². The summed E-state index contributed by atoms with van der Waals surface area (Å²) in [7, 11) is 0. The monoisotopic (exact) mass is 264 g/mol. The van der Waals surface area contributed by atoms with E-state index in [1.807, 2.05) is 12.1 Å². The number of anilines is 1. The zero-order chi connectivity index (χ0) is 13.8. The summed E-state index contributed by atoms with van der Waals surface area (Å²) >= 11 is 0. The summed E-state index contributed by atoms with van der Waals surface area (Å²) in [5.41, 5.74) is 7.87. The number of hydrogen-bond donors (Lipinski definition) is 1. The van der Waals surface area contributed by atoms with E-state index in [1.165, 1.54) is 19.3 Å². The van der Waals surface area contributed by atoms with E-state index in [2.05, 4.69) is 18.7 Å². The van der Waals surface area contributed by atoms with E-state index in [0.29, 0.717) is 12.5 Å². The molecular formula is C16H25FN2. The van der Waals surface area contributed by atoms with Crippen molar-refractivity contribution in [2.75, 3.05) is 11.4 Å². The molecule has 106 valence electrons. The SMILES string of the molecule is CCC(N)Cc1c(F)cccc1N1CCCCC1C. The van der Waals surface area contributed by atoms with Gasteiger partial charge in [-0.1, -0.05) is 13.0 Å². The van der Waals surface area contributed by atoms with Gasteiger partial charge in [-0.15, -0.1) is 0 Å². The maximum atomic E-state index is 14.1. The van der Waals surface area contributed by atoms with Crippen molar-refractivity contribution in [3.05, 3.63) is 29.6 Å². The van der Waals surface area contributed by atoms with E-state index in [-0.39, 0.29) is 11.9 Å². The Bertz CT molecular complexity index is 419. The predicted molar refractivity (Wildman–Crippen MR) is 79.0 cm³/mol. The van der Waals surface area contributed by atoms with Crippen LogP contribution in [0, 0.1) is 5.82 Å². The molecule has 2 N–H and O–H groups in total. The first-order valence-corrected chi connectivity index (χ1v) is 7.43. The van der Waals surface area contributed by atoms with Crippen LogP contribution in [0.2, 0.25) is 0 Å². The lowest BCUT2D eigenvalue weighted by Gasteiger charge is -2.37. The molecule has 0 bridgehead atoms. The van der Waals surface area contributed by atoms with E-state index in [9.17, 15) is 4.39 Å². The van der Waals surface area contributed by atoms with Gasteiger partial charge in [0, 0.05) is 29.9 Å². The average Bonchev–Trinajstić information content (AvgIpc) is 2.41. The number of rotatable bonds is 4. The van der Waals surface area contributed by atoms with Crippen molar-refractivity contribution in [1.82, 2.24) is 0 Å². The quantitative estimate of drug-likeness (QED) is 0.902. The number of halogens is 1. The average molecular weight is 264 g/mol. The van der Waals surface area contributed by atoms with Crippen molar-refractivity contribution in [3.63, 3.8) is 0 Å². The fourth-order valence-corrected chi connectivity index (χ4v) is 2.88. The third-order valence-electron chi connectivity index (χ3n) is 4.20. The van der Waals surface area contributed by atoms with Gasteiger partial charge in [-0.25, -0.2) is 4.39 Å². The molecule has 0 amide bonds. The molecule has 1 aromatic rings. The van der Waals surface area contributed by atoms with Crippen LogP contribution in [-0.2, 0) is 6.42 Å². The maximum Gasteiger partial charge on any atom is 0.128 e. The Labute approximate surface area is 115 Å². The fourth-order valence-electron chi connectivity index (χ4n) is 2.88. The molecule has 0 saturated carbocycles. The van der Waals surface area contributed by atoms with E-state index >= 15 is 0 Å². The largest absolute Gasteiger partial charge is 0.369 e. The molecule has 1 aliphatic rings. The van der Waals surface area contributed by atoms with E-state index in [0.717, 1.165) is 24.2 Å². The first kappa shape index (κ1) is 14.3. The van der Waals surface area contributed by atoms with Crippen LogP contribution in [0.5, 0.6) is 0 Å². The predicted octanol–water partition coefficient (Wildman–Crippen LogP) is 3.48. The van der Waals surface area contributed by atoms with Gasteiger partial charge in [0.1, 0.15) is 5.82 Å². The first-order valence-electron chi connectivity index (χ1n) is 7.43. The molecule has 1 heterocycles. The van der Waals surface area contributed by atoms with Crippen LogP contribution < -0.4 is 10.6 Å². The molecule has 2 atom stereocenters. The second kappa shape index (κ2) is 6.38. The standard InChI is InChI=1S/C16H25FN2/c1-3-13(18)11-14-15(17)8-6-9-16(14)19-10-5-4-7-12(19)2/h6,8-9,12-13H,3-5,7,10-11,18H2,1-2H3. The smallest absolute Gasteiger partial charge is 0.128 e. The molecule has 1 saturated heterocycles. The Morgan fingerprint density at radius 3 is 2.89 bits per heavy atom. The molecule has 1 aromatic carbocycles. The highest BCUT2D eigenvalue weighted by molar-refractivity contribution is 5.55. The number of nitrogens with zero attached hydrogens (tertiary/aromatic N) is 1. The molecule has 2 unspecified atom stereocenters. The van der Waals surface area contributed by atoms with Crippen molar-refractivity contribution in [2.24, 2.45) is 5.73 Å². The Morgan fingerprint density at radius 1 is 1.42 bits per heavy atom. The van der Waals surface area contributed by atoms with Gasteiger partial charge in [0.25, 0.3) is 0 Å².